The van der Waals surface area contributed by atoms with Crippen molar-refractivity contribution in [3.63, 3.8) is 0 Å². The number of phenolic OH excluding ortho intramolecular Hbond substituents is 1. The number of hydrogen-bond donors (Lipinski definition) is 4. The van der Waals surface area contributed by atoms with Gasteiger partial charge in [0.2, 0.25) is 7.37 Å². The van der Waals surface area contributed by atoms with Crippen molar-refractivity contribution >= 4 is 51.1 Å². The van der Waals surface area contributed by atoms with Gasteiger partial charge >= 0.3 is 5.97 Å². The van der Waals surface area contributed by atoms with Gasteiger partial charge in [0.05, 0.1) is 20.9 Å². The van der Waals surface area contributed by atoms with Gasteiger partial charge in [-0.05, 0) is 74.7 Å². The number of nitrogens with one attached hydrogen (secondary N) is 1. The first-order valence-electron chi connectivity index (χ1n) is 8.66. The first kappa shape index (κ1) is 24.4. The second kappa shape index (κ2) is 9.96. The van der Waals surface area contributed by atoms with Crippen molar-refractivity contribution in [2.75, 3.05) is 6.66 Å². The van der Waals surface area contributed by atoms with Gasteiger partial charge in [0.25, 0.3) is 5.91 Å². The molecule has 2 rings (SSSR count). The first-order chi connectivity index (χ1) is 13.9. The van der Waals surface area contributed by atoms with E-state index in [9.17, 15) is 24.2 Å². The van der Waals surface area contributed by atoms with Crippen LogP contribution in [0.4, 0.5) is 0 Å². The van der Waals surface area contributed by atoms with Gasteiger partial charge in [-0.25, -0.2) is 0 Å². The zero-order chi connectivity index (χ0) is 22.6. The summed E-state index contributed by atoms with van der Waals surface area (Å²) in [7, 11) is -3.24. The van der Waals surface area contributed by atoms with Crippen LogP contribution >= 0.6 is 39.2 Å². The standard InChI is InChI=1S/C19H20Br2NO7P/c1-10(5-17(24)25)22-19(26)13-8-12(3-4-16(13)23)29-18-14(20)6-11(7-15(18)21)9-30(2,27)28/h3-4,6-8,10,23H,5,9H2,1-2H3,(H,22,26)(H,24,25)(H,27,28). The molecule has 2 aromatic rings. The minimum atomic E-state index is -3.24. The molecule has 0 fully saturated rings. The fraction of sp³-hybridized carbons (Fsp3) is 0.263. The molecular formula is C19H20Br2NO7P. The van der Waals surface area contributed by atoms with Gasteiger partial charge in [0.1, 0.15) is 11.5 Å². The number of ether oxygens (including phenoxy) is 1. The van der Waals surface area contributed by atoms with Crippen molar-refractivity contribution < 1.29 is 34.0 Å². The van der Waals surface area contributed by atoms with Gasteiger partial charge in [-0.1, -0.05) is 0 Å². The number of amides is 1. The average molecular weight is 565 g/mol. The number of hydrogen-bond acceptors (Lipinski definition) is 5. The maximum atomic E-state index is 12.4. The van der Waals surface area contributed by atoms with E-state index in [1.54, 1.807) is 19.1 Å². The lowest BCUT2D eigenvalue weighted by Crippen LogP contribution is -2.34. The molecule has 0 saturated heterocycles. The Morgan fingerprint density at radius 2 is 1.80 bits per heavy atom. The summed E-state index contributed by atoms with van der Waals surface area (Å²) < 4.78 is 18.5. The van der Waals surface area contributed by atoms with E-state index in [1.165, 1.54) is 24.9 Å². The Morgan fingerprint density at radius 3 is 2.33 bits per heavy atom. The summed E-state index contributed by atoms with van der Waals surface area (Å²) in [4.78, 5) is 32.7. The molecular weight excluding hydrogens is 545 g/mol. The minimum absolute atomic E-state index is 0.00252. The topological polar surface area (TPSA) is 133 Å². The van der Waals surface area contributed by atoms with Crippen molar-refractivity contribution in [2.24, 2.45) is 0 Å². The Hall–Kier alpha value is -1.87. The molecule has 0 aliphatic rings. The number of aromatic hydroxyl groups is 1. The maximum Gasteiger partial charge on any atom is 0.305 e. The summed E-state index contributed by atoms with van der Waals surface area (Å²) in [6.45, 7) is 2.82. The van der Waals surface area contributed by atoms with Crippen LogP contribution in [0.3, 0.4) is 0 Å². The van der Waals surface area contributed by atoms with Gasteiger partial charge in [-0.3, -0.25) is 14.2 Å². The van der Waals surface area contributed by atoms with Crippen LogP contribution in [-0.4, -0.2) is 39.7 Å². The van der Waals surface area contributed by atoms with Crippen LogP contribution in [0.15, 0.2) is 39.3 Å². The molecule has 0 aliphatic carbocycles. The summed E-state index contributed by atoms with van der Waals surface area (Å²) in [6, 6.07) is 6.78. The van der Waals surface area contributed by atoms with Gasteiger partial charge < -0.3 is 25.2 Å². The quantitative estimate of drug-likeness (QED) is 0.341. The number of benzene rings is 2. The SMILES string of the molecule is CC(CC(=O)O)NC(=O)c1cc(Oc2c(Br)cc(CP(C)(=O)O)cc2Br)ccc1O. The molecule has 8 nitrogen and oxygen atoms in total. The van der Waals surface area contributed by atoms with Crippen LogP contribution in [0, 0.1) is 0 Å². The van der Waals surface area contributed by atoms with Gasteiger partial charge in [0.15, 0.2) is 5.75 Å². The highest BCUT2D eigenvalue weighted by Crippen LogP contribution is 2.44. The lowest BCUT2D eigenvalue weighted by Gasteiger charge is -2.15. The molecule has 2 atom stereocenters. The normalized spacial score (nSPS) is 13.9. The van der Waals surface area contributed by atoms with Gasteiger partial charge in [-0.15, -0.1) is 0 Å². The molecule has 1 amide bonds. The van der Waals surface area contributed by atoms with E-state index in [0.29, 0.717) is 20.3 Å². The third-order valence-electron chi connectivity index (χ3n) is 3.82. The van der Waals surface area contributed by atoms with Crippen LogP contribution in [-0.2, 0) is 15.5 Å². The summed E-state index contributed by atoms with van der Waals surface area (Å²) in [5.41, 5.74) is 0.563. The highest BCUT2D eigenvalue weighted by molar-refractivity contribution is 9.11. The van der Waals surface area contributed by atoms with Crippen LogP contribution in [0.1, 0.15) is 29.3 Å². The summed E-state index contributed by atoms with van der Waals surface area (Å²) in [5.74, 6) is -1.34. The molecule has 30 heavy (non-hydrogen) atoms. The molecule has 2 aromatic carbocycles. The lowest BCUT2D eigenvalue weighted by atomic mass is 10.1. The smallest absolute Gasteiger partial charge is 0.305 e. The summed E-state index contributed by atoms with van der Waals surface area (Å²) in [5, 5.41) is 21.3. The number of aliphatic carboxylic acids is 1. The largest absolute Gasteiger partial charge is 0.507 e. The zero-order valence-electron chi connectivity index (χ0n) is 16.1. The Balaban J connectivity index is 2.26. The third-order valence-corrected chi connectivity index (χ3v) is 5.95. The van der Waals surface area contributed by atoms with E-state index in [4.69, 9.17) is 9.84 Å². The molecule has 0 aliphatic heterocycles. The molecule has 0 radical (unpaired) electrons. The van der Waals surface area contributed by atoms with Crippen LogP contribution < -0.4 is 10.1 Å². The Kier molecular flexibility index (Phi) is 8.10. The van der Waals surface area contributed by atoms with Crippen molar-refractivity contribution in [2.45, 2.75) is 25.5 Å². The summed E-state index contributed by atoms with van der Waals surface area (Å²) in [6.07, 6.45) is -0.254. The molecule has 11 heteroatoms. The van der Waals surface area contributed by atoms with E-state index in [0.717, 1.165) is 0 Å². The summed E-state index contributed by atoms with van der Waals surface area (Å²) >= 11 is 6.74. The second-order valence-corrected chi connectivity index (χ2v) is 11.0. The molecule has 0 aromatic heterocycles. The number of halogens is 2. The molecule has 4 N–H and O–H groups in total. The highest BCUT2D eigenvalue weighted by Gasteiger charge is 2.19. The van der Waals surface area contributed by atoms with E-state index in [-0.39, 0.29) is 29.6 Å². The van der Waals surface area contributed by atoms with Gasteiger partial charge in [0, 0.05) is 18.9 Å². The zero-order valence-corrected chi connectivity index (χ0v) is 20.1. The van der Waals surface area contributed by atoms with Crippen molar-refractivity contribution in [1.29, 1.82) is 0 Å². The predicted molar refractivity (Wildman–Crippen MR) is 119 cm³/mol. The Labute approximate surface area is 190 Å². The van der Waals surface area contributed by atoms with E-state index >= 15 is 0 Å². The number of carbonyl (C=O) groups excluding carboxylic acids is 1. The maximum absolute atomic E-state index is 12.4. The number of carbonyl (C=O) groups is 2. The molecule has 0 bridgehead atoms. The van der Waals surface area contributed by atoms with E-state index < -0.39 is 25.3 Å². The third kappa shape index (κ3) is 7.12. The van der Waals surface area contributed by atoms with E-state index in [2.05, 4.69) is 37.2 Å². The van der Waals surface area contributed by atoms with Gasteiger partial charge in [-0.2, -0.15) is 0 Å². The van der Waals surface area contributed by atoms with Crippen LogP contribution in [0.25, 0.3) is 0 Å². The van der Waals surface area contributed by atoms with Crippen LogP contribution in [0.2, 0.25) is 0 Å². The lowest BCUT2D eigenvalue weighted by molar-refractivity contribution is -0.137. The molecule has 0 saturated carbocycles. The number of rotatable bonds is 8. The van der Waals surface area contributed by atoms with Crippen molar-refractivity contribution in [3.05, 3.63) is 50.4 Å². The monoisotopic (exact) mass is 563 g/mol. The fourth-order valence-electron chi connectivity index (χ4n) is 2.63. The predicted octanol–water partition coefficient (Wildman–Crippen LogP) is 4.70. The Morgan fingerprint density at radius 1 is 1.20 bits per heavy atom. The molecule has 162 valence electrons. The fourth-order valence-corrected chi connectivity index (χ4v) is 4.94. The average Bonchev–Trinajstić information content (AvgIpc) is 2.57. The number of carboxylic acid groups (broad SMARTS) is 1. The second-order valence-electron chi connectivity index (χ2n) is 6.85. The molecule has 2 unspecified atom stereocenters. The number of carboxylic acids is 1. The Bertz CT molecular complexity index is 999. The van der Waals surface area contributed by atoms with Crippen molar-refractivity contribution in [3.8, 4) is 17.2 Å². The van der Waals surface area contributed by atoms with Crippen LogP contribution in [0.5, 0.6) is 17.2 Å². The minimum Gasteiger partial charge on any atom is -0.507 e. The number of phenols is 1. The molecule has 0 spiro atoms. The highest BCUT2D eigenvalue weighted by atomic mass is 79.9. The van der Waals surface area contributed by atoms with Crippen molar-refractivity contribution in [1.82, 2.24) is 5.32 Å². The van der Waals surface area contributed by atoms with E-state index in [1.807, 2.05) is 0 Å². The molecule has 0 heterocycles. The first-order valence-corrected chi connectivity index (χ1v) is 12.5.